The van der Waals surface area contributed by atoms with Gasteiger partial charge in [0.05, 0.1) is 6.61 Å². The van der Waals surface area contributed by atoms with Crippen LogP contribution in [0.2, 0.25) is 0 Å². The van der Waals surface area contributed by atoms with Crippen molar-refractivity contribution in [2.75, 3.05) is 20.3 Å². The zero-order valence-corrected chi connectivity index (χ0v) is 9.74. The Morgan fingerprint density at radius 3 is 2.81 bits per heavy atom. The van der Waals surface area contributed by atoms with Crippen LogP contribution in [-0.2, 0) is 17.7 Å². The molecule has 0 amide bonds. The lowest BCUT2D eigenvalue weighted by molar-refractivity contribution is 0.146. The second kappa shape index (κ2) is 7.04. The predicted molar refractivity (Wildman–Crippen MR) is 65.6 cm³/mol. The summed E-state index contributed by atoms with van der Waals surface area (Å²) in [7, 11) is 1.66. The summed E-state index contributed by atoms with van der Waals surface area (Å²) in [6, 6.07) is 6.00. The van der Waals surface area contributed by atoms with Crippen LogP contribution in [0, 0.1) is 0 Å². The van der Waals surface area contributed by atoms with Crippen molar-refractivity contribution in [3.05, 3.63) is 42.0 Å². The number of rotatable bonds is 7. The molecule has 0 bridgehead atoms. The van der Waals surface area contributed by atoms with E-state index in [1.54, 1.807) is 7.11 Å². The van der Waals surface area contributed by atoms with E-state index in [9.17, 15) is 0 Å². The molecule has 1 aromatic carbocycles. The molecule has 0 saturated heterocycles. The van der Waals surface area contributed by atoms with Gasteiger partial charge in [-0.3, -0.25) is 0 Å². The van der Waals surface area contributed by atoms with Crippen LogP contribution in [0.4, 0.5) is 0 Å². The first-order chi connectivity index (χ1) is 7.81. The molecule has 0 radical (unpaired) electrons. The molecule has 0 unspecified atom stereocenters. The van der Waals surface area contributed by atoms with Gasteiger partial charge in [-0.2, -0.15) is 0 Å². The SMILES string of the molecule is C=CCc1cc(CN)ccc1OCCOC. The molecule has 1 rings (SSSR count). The van der Waals surface area contributed by atoms with E-state index in [2.05, 4.69) is 12.6 Å². The van der Waals surface area contributed by atoms with Crippen molar-refractivity contribution in [2.24, 2.45) is 5.73 Å². The maximum atomic E-state index is 5.62. The molecule has 0 aliphatic carbocycles. The number of benzene rings is 1. The van der Waals surface area contributed by atoms with E-state index in [4.69, 9.17) is 15.2 Å². The minimum absolute atomic E-state index is 0.544. The Labute approximate surface area is 96.9 Å². The third-order valence-corrected chi connectivity index (χ3v) is 2.27. The van der Waals surface area contributed by atoms with Gasteiger partial charge in [0.25, 0.3) is 0 Å². The molecule has 0 atom stereocenters. The maximum absolute atomic E-state index is 5.62. The highest BCUT2D eigenvalue weighted by atomic mass is 16.5. The van der Waals surface area contributed by atoms with Crippen LogP contribution in [0.3, 0.4) is 0 Å². The lowest BCUT2D eigenvalue weighted by atomic mass is 10.1. The second-order valence-corrected chi connectivity index (χ2v) is 3.48. The predicted octanol–water partition coefficient (Wildman–Crippen LogP) is 1.90. The molecule has 88 valence electrons. The minimum Gasteiger partial charge on any atom is -0.491 e. The summed E-state index contributed by atoms with van der Waals surface area (Å²) in [5.74, 6) is 0.883. The van der Waals surface area contributed by atoms with Crippen LogP contribution in [0.25, 0.3) is 0 Å². The average molecular weight is 221 g/mol. The molecular formula is C13H19NO2. The first-order valence-electron chi connectivity index (χ1n) is 5.36. The quantitative estimate of drug-likeness (QED) is 0.565. The molecule has 0 heterocycles. The first kappa shape index (κ1) is 12.7. The molecule has 0 spiro atoms. The van der Waals surface area contributed by atoms with Gasteiger partial charge in [-0.1, -0.05) is 18.2 Å². The van der Waals surface area contributed by atoms with E-state index >= 15 is 0 Å². The van der Waals surface area contributed by atoms with Gasteiger partial charge in [-0.25, -0.2) is 0 Å². The van der Waals surface area contributed by atoms with Gasteiger partial charge in [-0.05, 0) is 23.6 Å². The number of methoxy groups -OCH3 is 1. The molecule has 16 heavy (non-hydrogen) atoms. The van der Waals surface area contributed by atoms with Gasteiger partial charge in [0, 0.05) is 13.7 Å². The molecule has 0 saturated carbocycles. The highest BCUT2D eigenvalue weighted by Gasteiger charge is 2.03. The number of allylic oxidation sites excluding steroid dienone is 1. The van der Waals surface area contributed by atoms with E-state index < -0.39 is 0 Å². The topological polar surface area (TPSA) is 44.5 Å². The van der Waals surface area contributed by atoms with Crippen LogP contribution in [0.1, 0.15) is 11.1 Å². The van der Waals surface area contributed by atoms with Crippen molar-refractivity contribution < 1.29 is 9.47 Å². The van der Waals surface area contributed by atoms with Crippen LogP contribution >= 0.6 is 0 Å². The highest BCUT2D eigenvalue weighted by molar-refractivity contribution is 5.38. The molecule has 0 aliphatic rings. The zero-order valence-electron chi connectivity index (χ0n) is 9.74. The van der Waals surface area contributed by atoms with Crippen LogP contribution in [0.15, 0.2) is 30.9 Å². The number of ether oxygens (including phenoxy) is 2. The minimum atomic E-state index is 0.544. The lowest BCUT2D eigenvalue weighted by Crippen LogP contribution is -2.06. The van der Waals surface area contributed by atoms with E-state index in [0.29, 0.717) is 19.8 Å². The Kier molecular flexibility index (Phi) is 5.61. The van der Waals surface area contributed by atoms with Gasteiger partial charge >= 0.3 is 0 Å². The zero-order chi connectivity index (χ0) is 11.8. The Bertz CT molecular complexity index is 337. The summed E-state index contributed by atoms with van der Waals surface area (Å²) in [6.45, 7) is 5.43. The van der Waals surface area contributed by atoms with E-state index in [-0.39, 0.29) is 0 Å². The molecule has 0 aromatic heterocycles. The average Bonchev–Trinajstić information content (AvgIpc) is 2.31. The van der Waals surface area contributed by atoms with Crippen molar-refractivity contribution in [2.45, 2.75) is 13.0 Å². The number of hydrogen-bond acceptors (Lipinski definition) is 3. The summed E-state index contributed by atoms with van der Waals surface area (Å²) in [6.07, 6.45) is 2.65. The summed E-state index contributed by atoms with van der Waals surface area (Å²) >= 11 is 0. The van der Waals surface area contributed by atoms with Gasteiger partial charge in [0.2, 0.25) is 0 Å². The first-order valence-corrected chi connectivity index (χ1v) is 5.36. The van der Waals surface area contributed by atoms with Crippen LogP contribution < -0.4 is 10.5 Å². The molecule has 0 aliphatic heterocycles. The Balaban J connectivity index is 2.76. The van der Waals surface area contributed by atoms with Crippen molar-refractivity contribution in [3.8, 4) is 5.75 Å². The lowest BCUT2D eigenvalue weighted by Gasteiger charge is -2.11. The van der Waals surface area contributed by atoms with Crippen LogP contribution in [-0.4, -0.2) is 20.3 Å². The van der Waals surface area contributed by atoms with Gasteiger partial charge < -0.3 is 15.2 Å². The van der Waals surface area contributed by atoms with Crippen molar-refractivity contribution in [1.29, 1.82) is 0 Å². The van der Waals surface area contributed by atoms with Crippen molar-refractivity contribution in [1.82, 2.24) is 0 Å². The van der Waals surface area contributed by atoms with E-state index in [0.717, 1.165) is 23.3 Å². The fraction of sp³-hybridized carbons (Fsp3) is 0.385. The molecule has 0 fully saturated rings. The molecule has 3 nitrogen and oxygen atoms in total. The smallest absolute Gasteiger partial charge is 0.122 e. The fourth-order valence-corrected chi connectivity index (χ4v) is 1.45. The molecule has 3 heteroatoms. The second-order valence-electron chi connectivity index (χ2n) is 3.48. The maximum Gasteiger partial charge on any atom is 0.122 e. The summed E-state index contributed by atoms with van der Waals surface area (Å²) in [5.41, 5.74) is 7.83. The normalized spacial score (nSPS) is 10.1. The van der Waals surface area contributed by atoms with Crippen LogP contribution in [0.5, 0.6) is 5.75 Å². The summed E-state index contributed by atoms with van der Waals surface area (Å²) < 4.78 is 10.6. The highest BCUT2D eigenvalue weighted by Crippen LogP contribution is 2.21. The van der Waals surface area contributed by atoms with E-state index in [1.165, 1.54) is 0 Å². The number of nitrogens with two attached hydrogens (primary N) is 1. The standard InChI is InChI=1S/C13H19NO2/c1-3-4-12-9-11(10-14)5-6-13(12)16-8-7-15-2/h3,5-6,9H,1,4,7-8,10,14H2,2H3. The Morgan fingerprint density at radius 1 is 1.38 bits per heavy atom. The fourth-order valence-electron chi connectivity index (χ4n) is 1.45. The third-order valence-electron chi connectivity index (χ3n) is 2.27. The van der Waals surface area contributed by atoms with Gasteiger partial charge in [-0.15, -0.1) is 6.58 Å². The molecule has 2 N–H and O–H groups in total. The van der Waals surface area contributed by atoms with Crippen molar-refractivity contribution in [3.63, 3.8) is 0 Å². The largest absolute Gasteiger partial charge is 0.491 e. The van der Waals surface area contributed by atoms with Gasteiger partial charge in [0.15, 0.2) is 0 Å². The van der Waals surface area contributed by atoms with Gasteiger partial charge in [0.1, 0.15) is 12.4 Å². The summed E-state index contributed by atoms with van der Waals surface area (Å²) in [5, 5.41) is 0. The Morgan fingerprint density at radius 2 is 2.19 bits per heavy atom. The van der Waals surface area contributed by atoms with E-state index in [1.807, 2.05) is 18.2 Å². The Hall–Kier alpha value is -1.32. The number of hydrogen-bond donors (Lipinski definition) is 1. The molecular weight excluding hydrogens is 202 g/mol. The van der Waals surface area contributed by atoms with Crippen molar-refractivity contribution >= 4 is 0 Å². The monoisotopic (exact) mass is 221 g/mol. The molecule has 1 aromatic rings. The third kappa shape index (κ3) is 3.68. The summed E-state index contributed by atoms with van der Waals surface area (Å²) in [4.78, 5) is 0.